The van der Waals surface area contributed by atoms with Gasteiger partial charge in [-0.25, -0.2) is 8.42 Å². The van der Waals surface area contributed by atoms with Crippen LogP contribution in [0.3, 0.4) is 0 Å². The van der Waals surface area contributed by atoms with Crippen molar-refractivity contribution in [3.8, 4) is 0 Å². The van der Waals surface area contributed by atoms with Crippen LogP contribution >= 0.6 is 0 Å². The molecular formula is C16H27NO2S. The number of sulfone groups is 1. The van der Waals surface area contributed by atoms with Crippen LogP contribution in [0.1, 0.15) is 49.1 Å². The van der Waals surface area contributed by atoms with Gasteiger partial charge in [-0.3, -0.25) is 0 Å². The van der Waals surface area contributed by atoms with Crippen molar-refractivity contribution in [2.24, 2.45) is 0 Å². The molecule has 0 saturated carbocycles. The third-order valence-corrected chi connectivity index (χ3v) is 6.40. The summed E-state index contributed by atoms with van der Waals surface area (Å²) in [5.41, 5.74) is 4.64. The summed E-state index contributed by atoms with van der Waals surface area (Å²) in [6.45, 7) is 12.5. The van der Waals surface area contributed by atoms with Crippen LogP contribution in [-0.4, -0.2) is 26.0 Å². The van der Waals surface area contributed by atoms with Crippen LogP contribution < -0.4 is 5.32 Å². The topological polar surface area (TPSA) is 46.2 Å². The van der Waals surface area contributed by atoms with E-state index in [0.29, 0.717) is 0 Å². The second-order valence-electron chi connectivity index (χ2n) is 6.16. The Morgan fingerprint density at radius 3 is 2.05 bits per heavy atom. The molecule has 0 fully saturated rings. The Kier molecular flexibility index (Phi) is 5.03. The summed E-state index contributed by atoms with van der Waals surface area (Å²) in [5, 5.41) is 3.35. The summed E-state index contributed by atoms with van der Waals surface area (Å²) in [6, 6.07) is 4.04. The van der Waals surface area contributed by atoms with E-state index in [0.717, 1.165) is 17.7 Å². The number of benzene rings is 1. The second-order valence-corrected chi connectivity index (χ2v) is 8.76. The zero-order valence-corrected chi connectivity index (χ0v) is 14.5. The van der Waals surface area contributed by atoms with Crippen LogP contribution in [0.25, 0.3) is 0 Å². The maximum Gasteiger partial charge on any atom is 0.154 e. The molecule has 0 aromatic heterocycles. The molecule has 0 radical (unpaired) electrons. The Morgan fingerprint density at radius 2 is 1.60 bits per heavy atom. The highest BCUT2D eigenvalue weighted by molar-refractivity contribution is 7.92. The van der Waals surface area contributed by atoms with Gasteiger partial charge in [-0.2, -0.15) is 0 Å². The van der Waals surface area contributed by atoms with Gasteiger partial charge in [0, 0.05) is 6.26 Å². The van der Waals surface area contributed by atoms with Crippen LogP contribution in [0.5, 0.6) is 0 Å². The monoisotopic (exact) mass is 297 g/mol. The van der Waals surface area contributed by atoms with E-state index in [1.165, 1.54) is 17.4 Å². The van der Waals surface area contributed by atoms with Gasteiger partial charge in [-0.05, 0) is 63.4 Å². The maximum atomic E-state index is 12.2. The van der Waals surface area contributed by atoms with Crippen LogP contribution in [-0.2, 0) is 9.84 Å². The quantitative estimate of drug-likeness (QED) is 0.908. The fraction of sp³-hybridized carbons (Fsp3) is 0.625. The molecule has 0 aliphatic rings. The summed E-state index contributed by atoms with van der Waals surface area (Å²) < 4.78 is 23.5. The molecule has 0 heterocycles. The molecule has 0 bridgehead atoms. The smallest absolute Gasteiger partial charge is 0.154 e. The Bertz CT molecular complexity index is 589. The average Bonchev–Trinajstić information content (AvgIpc) is 2.29. The Balaban J connectivity index is 3.46. The summed E-state index contributed by atoms with van der Waals surface area (Å²) in [4.78, 5) is 0. The van der Waals surface area contributed by atoms with Gasteiger partial charge in [0.1, 0.15) is 0 Å². The summed E-state index contributed by atoms with van der Waals surface area (Å²) in [7, 11) is -3.17. The van der Waals surface area contributed by atoms with Crippen molar-refractivity contribution in [2.45, 2.75) is 52.3 Å². The van der Waals surface area contributed by atoms with E-state index in [-0.39, 0.29) is 6.04 Å². The Morgan fingerprint density at radius 1 is 1.10 bits per heavy atom. The first-order valence-corrected chi connectivity index (χ1v) is 8.92. The highest BCUT2D eigenvalue weighted by atomic mass is 32.2. The predicted molar refractivity (Wildman–Crippen MR) is 86.0 cm³/mol. The minimum atomic E-state index is -3.17. The van der Waals surface area contributed by atoms with Crippen molar-refractivity contribution in [1.29, 1.82) is 0 Å². The number of hydrogen-bond donors (Lipinski definition) is 1. The van der Waals surface area contributed by atoms with Gasteiger partial charge in [-0.1, -0.05) is 19.1 Å². The van der Waals surface area contributed by atoms with E-state index >= 15 is 0 Å². The number of hydrogen-bond acceptors (Lipinski definition) is 3. The second kappa shape index (κ2) is 5.86. The molecule has 1 aromatic rings. The van der Waals surface area contributed by atoms with Gasteiger partial charge in [-0.15, -0.1) is 0 Å². The molecule has 0 aliphatic heterocycles. The van der Waals surface area contributed by atoms with Gasteiger partial charge in [0.25, 0.3) is 0 Å². The van der Waals surface area contributed by atoms with E-state index in [2.05, 4.69) is 31.3 Å². The first kappa shape index (κ1) is 17.2. The van der Waals surface area contributed by atoms with Crippen molar-refractivity contribution in [2.75, 3.05) is 12.8 Å². The molecule has 0 aliphatic carbocycles. The molecule has 0 spiro atoms. The van der Waals surface area contributed by atoms with Crippen LogP contribution in [0.4, 0.5) is 0 Å². The lowest BCUT2D eigenvalue weighted by atomic mass is 9.89. The summed E-state index contributed by atoms with van der Waals surface area (Å²) in [6.07, 6.45) is 1.31. The van der Waals surface area contributed by atoms with Gasteiger partial charge in [0.15, 0.2) is 9.84 Å². The van der Waals surface area contributed by atoms with E-state index < -0.39 is 14.6 Å². The highest BCUT2D eigenvalue weighted by Crippen LogP contribution is 2.34. The molecule has 114 valence electrons. The van der Waals surface area contributed by atoms with Crippen LogP contribution in [0.2, 0.25) is 0 Å². The maximum absolute atomic E-state index is 12.2. The molecule has 0 amide bonds. The largest absolute Gasteiger partial charge is 0.309 e. The predicted octanol–water partition coefficient (Wildman–Crippen LogP) is 3.09. The summed E-state index contributed by atoms with van der Waals surface area (Å²) in [5.74, 6) is 0. The van der Waals surface area contributed by atoms with Crippen molar-refractivity contribution in [1.82, 2.24) is 5.32 Å². The Labute approximate surface area is 123 Å². The molecule has 0 saturated heterocycles. The van der Waals surface area contributed by atoms with Crippen molar-refractivity contribution >= 4 is 9.84 Å². The molecule has 1 unspecified atom stereocenters. The highest BCUT2D eigenvalue weighted by Gasteiger charge is 2.40. The van der Waals surface area contributed by atoms with Crippen molar-refractivity contribution < 1.29 is 8.42 Å². The molecule has 3 nitrogen and oxygen atoms in total. The normalized spacial score (nSPS) is 14.3. The van der Waals surface area contributed by atoms with Gasteiger partial charge < -0.3 is 5.32 Å². The lowest BCUT2D eigenvalue weighted by Gasteiger charge is -2.35. The standard InChI is InChI=1S/C16H27NO2S/c1-8-17-15(16(5,6)20(7,18)19)14-10-12(3)11(2)9-13(14)4/h9-10,15,17H,8H2,1-7H3. The average molecular weight is 297 g/mol. The molecule has 1 atom stereocenters. The van der Waals surface area contributed by atoms with Crippen LogP contribution in [0.15, 0.2) is 12.1 Å². The zero-order valence-electron chi connectivity index (χ0n) is 13.7. The van der Waals surface area contributed by atoms with Crippen molar-refractivity contribution in [3.05, 3.63) is 34.4 Å². The van der Waals surface area contributed by atoms with E-state index in [1.54, 1.807) is 13.8 Å². The molecule has 20 heavy (non-hydrogen) atoms. The van der Waals surface area contributed by atoms with Crippen molar-refractivity contribution in [3.63, 3.8) is 0 Å². The first-order valence-electron chi connectivity index (χ1n) is 7.03. The SMILES string of the molecule is CCNC(c1cc(C)c(C)cc1C)C(C)(C)S(C)(=O)=O. The van der Waals surface area contributed by atoms with E-state index in [9.17, 15) is 8.42 Å². The van der Waals surface area contributed by atoms with E-state index in [1.807, 2.05) is 13.8 Å². The van der Waals surface area contributed by atoms with Gasteiger partial charge in [0.2, 0.25) is 0 Å². The van der Waals surface area contributed by atoms with E-state index in [4.69, 9.17) is 0 Å². The third-order valence-electron chi connectivity index (χ3n) is 4.25. The zero-order chi connectivity index (χ0) is 15.7. The lowest BCUT2D eigenvalue weighted by molar-refractivity contribution is 0.426. The first-order chi connectivity index (χ1) is 9.02. The summed E-state index contributed by atoms with van der Waals surface area (Å²) >= 11 is 0. The fourth-order valence-corrected chi connectivity index (χ4v) is 3.08. The van der Waals surface area contributed by atoms with Gasteiger partial charge >= 0.3 is 0 Å². The molecule has 1 rings (SSSR count). The molecule has 1 N–H and O–H groups in total. The fourth-order valence-electron chi connectivity index (χ4n) is 2.44. The lowest BCUT2D eigenvalue weighted by Crippen LogP contribution is -2.45. The number of rotatable bonds is 5. The van der Waals surface area contributed by atoms with Crippen LogP contribution in [0, 0.1) is 20.8 Å². The minimum Gasteiger partial charge on any atom is -0.309 e. The number of aryl methyl sites for hydroxylation is 3. The van der Waals surface area contributed by atoms with Gasteiger partial charge in [0.05, 0.1) is 10.8 Å². The Hall–Kier alpha value is -0.870. The minimum absolute atomic E-state index is 0.207. The number of nitrogens with one attached hydrogen (secondary N) is 1. The molecule has 4 heteroatoms. The molecule has 1 aromatic carbocycles. The third kappa shape index (κ3) is 3.23. The molecular weight excluding hydrogens is 270 g/mol.